The molecule has 0 aromatic heterocycles. The number of unbranched alkanes of at least 4 members (excludes halogenated alkanes) is 2. The van der Waals surface area contributed by atoms with E-state index in [9.17, 15) is 14.7 Å². The van der Waals surface area contributed by atoms with E-state index in [-0.39, 0.29) is 11.3 Å². The molecule has 2 aliphatic rings. The summed E-state index contributed by atoms with van der Waals surface area (Å²) in [5, 5.41) is 14.0. The first-order chi connectivity index (χ1) is 9.15. The number of hydrogen-bond acceptors (Lipinski definition) is 4. The second kappa shape index (κ2) is 6.06. The number of aliphatic hydroxyl groups excluding tert-OH is 1. The molecule has 6 heteroatoms. The Kier molecular flexibility index (Phi) is 4.42. The number of carbonyl (C=O) groups excluding carboxylic acids is 2. The van der Waals surface area contributed by atoms with Crippen molar-refractivity contribution in [2.75, 3.05) is 6.54 Å². The minimum Gasteiger partial charge on any atom is -0.510 e. The number of hydrogen-bond donors (Lipinski definition) is 2. The first-order valence-electron chi connectivity index (χ1n) is 6.31. The molecule has 0 saturated carbocycles. The van der Waals surface area contributed by atoms with E-state index in [2.05, 4.69) is 17.2 Å². The van der Waals surface area contributed by atoms with Crippen LogP contribution in [0.3, 0.4) is 0 Å². The lowest BCUT2D eigenvalue weighted by Crippen LogP contribution is -2.35. The normalized spacial score (nSPS) is 21.4. The van der Waals surface area contributed by atoms with Gasteiger partial charge in [-0.2, -0.15) is 0 Å². The van der Waals surface area contributed by atoms with Gasteiger partial charge in [0.15, 0.2) is 0 Å². The van der Waals surface area contributed by atoms with Crippen molar-refractivity contribution in [2.45, 2.75) is 31.4 Å². The monoisotopic (exact) mass is 280 g/mol. The number of aliphatic hydroxyl groups is 1. The maximum atomic E-state index is 11.9. The van der Waals surface area contributed by atoms with E-state index in [0.29, 0.717) is 12.3 Å². The van der Waals surface area contributed by atoms with E-state index in [1.54, 1.807) is 11.5 Å². The molecule has 0 aromatic rings. The van der Waals surface area contributed by atoms with E-state index >= 15 is 0 Å². The van der Waals surface area contributed by atoms with E-state index in [4.69, 9.17) is 0 Å². The summed E-state index contributed by atoms with van der Waals surface area (Å²) in [5.41, 5.74) is 0.288. The number of carbonyl (C=O) groups is 2. The Morgan fingerprint density at radius 2 is 2.32 bits per heavy atom. The van der Waals surface area contributed by atoms with Crippen LogP contribution in [0.4, 0.5) is 0 Å². The molecule has 1 atom stereocenters. The fourth-order valence-corrected chi connectivity index (χ4v) is 2.83. The molecule has 2 N–H and O–H groups in total. The first kappa shape index (κ1) is 13.9. The van der Waals surface area contributed by atoms with E-state index in [1.165, 1.54) is 11.8 Å². The number of dihydropyridines is 1. The molecule has 0 aromatic carbocycles. The average molecular weight is 280 g/mol. The number of amides is 2. The molecule has 2 rings (SSSR count). The lowest BCUT2D eigenvalue weighted by atomic mass is 10.0. The third kappa shape index (κ3) is 2.89. The Morgan fingerprint density at radius 1 is 1.53 bits per heavy atom. The fraction of sp³-hybridized carbons (Fsp3) is 0.462. The molecule has 1 unspecified atom stereocenters. The number of nitrogens with zero attached hydrogens (tertiary/aromatic N) is 1. The summed E-state index contributed by atoms with van der Waals surface area (Å²) in [7, 11) is 0. The molecule has 0 saturated heterocycles. The molecule has 0 bridgehead atoms. The number of allylic oxidation sites excluding steroid dienone is 1. The molecule has 0 fully saturated rings. The Hall–Kier alpha value is -1.56. The Balaban J connectivity index is 2.04. The van der Waals surface area contributed by atoms with Crippen LogP contribution in [0.2, 0.25) is 0 Å². The van der Waals surface area contributed by atoms with Crippen LogP contribution in [0, 0.1) is 0 Å². The maximum Gasteiger partial charge on any atom is 0.286 e. The van der Waals surface area contributed by atoms with Crippen LogP contribution in [0.15, 0.2) is 27.8 Å². The second-order valence-corrected chi connectivity index (χ2v) is 5.40. The van der Waals surface area contributed by atoms with Crippen LogP contribution < -0.4 is 5.32 Å². The van der Waals surface area contributed by atoms with Gasteiger partial charge < -0.3 is 10.4 Å². The molecular weight excluding hydrogens is 264 g/mol. The number of thioether (sulfide) groups is 1. The van der Waals surface area contributed by atoms with Crippen molar-refractivity contribution in [3.05, 3.63) is 22.8 Å². The summed E-state index contributed by atoms with van der Waals surface area (Å²) in [6, 6.07) is 0. The highest BCUT2D eigenvalue weighted by atomic mass is 32.2. The number of aliphatic imine (C=N–C) groups is 1. The van der Waals surface area contributed by atoms with Crippen molar-refractivity contribution in [1.29, 1.82) is 0 Å². The van der Waals surface area contributed by atoms with E-state index in [1.807, 2.05) is 0 Å². The van der Waals surface area contributed by atoms with Crippen molar-refractivity contribution in [3.63, 3.8) is 0 Å². The summed E-state index contributed by atoms with van der Waals surface area (Å²) in [6.07, 6.45) is 4.61. The smallest absolute Gasteiger partial charge is 0.286 e. The summed E-state index contributed by atoms with van der Waals surface area (Å²) in [5.74, 6) is -1.38. The first-order valence-corrected chi connectivity index (χ1v) is 7.25. The zero-order valence-corrected chi connectivity index (χ0v) is 11.5. The quantitative estimate of drug-likeness (QED) is 0.593. The minimum atomic E-state index is -0.663. The predicted molar refractivity (Wildman–Crippen MR) is 75.2 cm³/mol. The lowest BCUT2D eigenvalue weighted by Gasteiger charge is -2.17. The molecule has 0 spiro atoms. The van der Waals surface area contributed by atoms with Crippen LogP contribution in [-0.4, -0.2) is 34.4 Å². The highest BCUT2D eigenvalue weighted by Gasteiger charge is 2.36. The summed E-state index contributed by atoms with van der Waals surface area (Å²) >= 11 is 1.34. The standard InChI is InChI=1S/C13H16N2O3S/c1-2-3-4-6-14-12(17)9-10(16)11-8(5-7-19-11)15-13(9)18/h5,7,11,16H,2-4,6H2,1H3,(H,14,17). The third-order valence-electron chi connectivity index (χ3n) is 2.96. The van der Waals surface area contributed by atoms with Gasteiger partial charge in [0.25, 0.3) is 11.8 Å². The van der Waals surface area contributed by atoms with E-state index in [0.717, 1.165) is 19.3 Å². The third-order valence-corrected chi connectivity index (χ3v) is 3.99. The largest absolute Gasteiger partial charge is 0.510 e. The van der Waals surface area contributed by atoms with E-state index < -0.39 is 17.1 Å². The fourth-order valence-electron chi connectivity index (χ4n) is 1.94. The summed E-state index contributed by atoms with van der Waals surface area (Å²) in [6.45, 7) is 2.57. The molecule has 5 nitrogen and oxygen atoms in total. The number of fused-ring (bicyclic) bond motifs is 1. The van der Waals surface area contributed by atoms with Crippen molar-refractivity contribution >= 4 is 29.3 Å². The molecular formula is C13H16N2O3S. The van der Waals surface area contributed by atoms with Gasteiger partial charge in [0, 0.05) is 6.54 Å². The zero-order valence-electron chi connectivity index (χ0n) is 10.7. The number of nitrogens with one attached hydrogen (secondary N) is 1. The van der Waals surface area contributed by atoms with Gasteiger partial charge in [0.2, 0.25) is 0 Å². The van der Waals surface area contributed by atoms with Crippen molar-refractivity contribution < 1.29 is 14.7 Å². The highest BCUT2D eigenvalue weighted by Crippen LogP contribution is 2.32. The molecule has 2 amide bonds. The van der Waals surface area contributed by atoms with Gasteiger partial charge in [-0.1, -0.05) is 19.8 Å². The van der Waals surface area contributed by atoms with Gasteiger partial charge in [-0.15, -0.1) is 11.8 Å². The SMILES string of the molecule is CCCCCNC(=O)C1=C(O)C2SC=CC2=NC1=O. The Morgan fingerprint density at radius 3 is 3.05 bits per heavy atom. The topological polar surface area (TPSA) is 78.8 Å². The molecule has 19 heavy (non-hydrogen) atoms. The molecule has 2 aliphatic heterocycles. The predicted octanol–water partition coefficient (Wildman–Crippen LogP) is 1.72. The van der Waals surface area contributed by atoms with Gasteiger partial charge in [-0.3, -0.25) is 9.59 Å². The second-order valence-electron chi connectivity index (χ2n) is 4.38. The van der Waals surface area contributed by atoms with Gasteiger partial charge in [0.1, 0.15) is 16.6 Å². The molecule has 0 aliphatic carbocycles. The highest BCUT2D eigenvalue weighted by molar-refractivity contribution is 8.04. The molecule has 2 heterocycles. The molecule has 102 valence electrons. The maximum absolute atomic E-state index is 11.9. The Bertz CT molecular complexity index is 494. The van der Waals surface area contributed by atoms with Crippen molar-refractivity contribution in [2.24, 2.45) is 4.99 Å². The van der Waals surface area contributed by atoms with Crippen molar-refractivity contribution in [1.82, 2.24) is 5.32 Å². The van der Waals surface area contributed by atoms with Gasteiger partial charge in [-0.25, -0.2) is 4.99 Å². The summed E-state index contributed by atoms with van der Waals surface area (Å²) in [4.78, 5) is 27.5. The minimum absolute atomic E-state index is 0.182. The number of rotatable bonds is 5. The lowest BCUT2D eigenvalue weighted by molar-refractivity contribution is -0.122. The van der Waals surface area contributed by atoms with Crippen molar-refractivity contribution in [3.8, 4) is 0 Å². The van der Waals surface area contributed by atoms with Crippen LogP contribution in [0.1, 0.15) is 26.2 Å². The van der Waals surface area contributed by atoms with Crippen LogP contribution in [-0.2, 0) is 9.59 Å². The van der Waals surface area contributed by atoms with Crippen LogP contribution in [0.5, 0.6) is 0 Å². The summed E-state index contributed by atoms with van der Waals surface area (Å²) < 4.78 is 0. The van der Waals surface area contributed by atoms with Crippen LogP contribution >= 0.6 is 11.8 Å². The molecule has 0 radical (unpaired) electrons. The zero-order chi connectivity index (χ0) is 13.8. The average Bonchev–Trinajstić information content (AvgIpc) is 2.83. The van der Waals surface area contributed by atoms with Gasteiger partial charge in [0.05, 0.1) is 5.71 Å². The Labute approximate surface area is 115 Å². The van der Waals surface area contributed by atoms with Gasteiger partial charge in [-0.05, 0) is 17.9 Å². The van der Waals surface area contributed by atoms with Gasteiger partial charge >= 0.3 is 0 Å². The van der Waals surface area contributed by atoms with Crippen LogP contribution in [0.25, 0.3) is 0 Å².